The third-order valence-corrected chi connectivity index (χ3v) is 2.51. The molecule has 1 rings (SSSR count). The number of carbonyl (C=O) groups excluding carboxylic acids is 1. The van der Waals surface area contributed by atoms with Crippen LogP contribution in [0.1, 0.15) is 18.4 Å². The van der Waals surface area contributed by atoms with E-state index >= 15 is 0 Å². The first-order chi connectivity index (χ1) is 8.67. The molecule has 0 aromatic heterocycles. The van der Waals surface area contributed by atoms with Crippen LogP contribution >= 0.6 is 0 Å². The Hall–Kier alpha value is -1.62. The molecule has 0 saturated heterocycles. The van der Waals surface area contributed by atoms with Crippen LogP contribution in [0.4, 0.5) is 4.39 Å². The summed E-state index contributed by atoms with van der Waals surface area (Å²) in [6.45, 7) is 0.524. The number of nitrogens with one attached hydrogen (secondary N) is 1. The van der Waals surface area contributed by atoms with Gasteiger partial charge in [-0.3, -0.25) is 4.79 Å². The van der Waals surface area contributed by atoms with E-state index in [1.165, 1.54) is 13.2 Å². The first-order valence-corrected chi connectivity index (χ1v) is 5.87. The van der Waals surface area contributed by atoms with Crippen molar-refractivity contribution in [1.82, 2.24) is 5.32 Å². The molecule has 0 unspecified atom stereocenters. The Kier molecular flexibility index (Phi) is 6.14. The molecular weight excluding hydrogens is 237 g/mol. The van der Waals surface area contributed by atoms with Crippen molar-refractivity contribution in [1.29, 1.82) is 0 Å². The minimum Gasteiger partial charge on any atom is -0.494 e. The summed E-state index contributed by atoms with van der Waals surface area (Å²) >= 11 is 0. The van der Waals surface area contributed by atoms with E-state index in [1.807, 2.05) is 0 Å². The molecule has 0 radical (unpaired) electrons. The van der Waals surface area contributed by atoms with Gasteiger partial charge in [0.1, 0.15) is 0 Å². The zero-order valence-electron chi connectivity index (χ0n) is 10.4. The van der Waals surface area contributed by atoms with Crippen LogP contribution in [0.3, 0.4) is 0 Å². The molecule has 0 bridgehead atoms. The summed E-state index contributed by atoms with van der Waals surface area (Å²) in [4.78, 5) is 11.4. The smallest absolute Gasteiger partial charge is 0.220 e. The Balaban J connectivity index is 2.39. The molecule has 1 amide bonds. The molecule has 2 N–H and O–H groups in total. The number of amides is 1. The number of aliphatic hydroxyl groups excluding tert-OH is 1. The summed E-state index contributed by atoms with van der Waals surface area (Å²) in [7, 11) is 1.41. The number of hydrogen-bond donors (Lipinski definition) is 2. The van der Waals surface area contributed by atoms with Gasteiger partial charge in [0.15, 0.2) is 11.6 Å². The Bertz CT molecular complexity index is 396. The lowest BCUT2D eigenvalue weighted by Gasteiger charge is -2.06. The molecule has 0 atom stereocenters. The Morgan fingerprint density at radius 1 is 1.50 bits per heavy atom. The second-order valence-corrected chi connectivity index (χ2v) is 3.90. The standard InChI is InChI=1S/C13H18FNO3/c1-18-12-5-3-10(9-11(12)14)4-6-13(17)15-7-2-8-16/h3,5,9,16H,2,4,6-8H2,1H3,(H,15,17). The molecule has 0 spiro atoms. The van der Waals surface area contributed by atoms with Crippen LogP contribution in [-0.4, -0.2) is 31.3 Å². The topological polar surface area (TPSA) is 58.6 Å². The molecule has 0 aliphatic carbocycles. The third kappa shape index (κ3) is 4.71. The van der Waals surface area contributed by atoms with Gasteiger partial charge in [0.25, 0.3) is 0 Å². The van der Waals surface area contributed by atoms with Crippen molar-refractivity contribution in [3.05, 3.63) is 29.6 Å². The summed E-state index contributed by atoms with van der Waals surface area (Å²) in [6.07, 6.45) is 1.33. The number of halogens is 1. The van der Waals surface area contributed by atoms with Gasteiger partial charge in [-0.2, -0.15) is 0 Å². The fourth-order valence-electron chi connectivity index (χ4n) is 1.52. The SMILES string of the molecule is COc1ccc(CCC(=O)NCCCO)cc1F. The van der Waals surface area contributed by atoms with Gasteiger partial charge in [0, 0.05) is 19.6 Å². The Labute approximate surface area is 106 Å². The largest absolute Gasteiger partial charge is 0.494 e. The van der Waals surface area contributed by atoms with Crippen molar-refractivity contribution in [2.45, 2.75) is 19.3 Å². The van der Waals surface area contributed by atoms with Gasteiger partial charge in [-0.25, -0.2) is 4.39 Å². The molecular formula is C13H18FNO3. The van der Waals surface area contributed by atoms with Crippen LogP contribution in [0.15, 0.2) is 18.2 Å². The minimum absolute atomic E-state index is 0.0595. The van der Waals surface area contributed by atoms with Crippen molar-refractivity contribution < 1.29 is 19.0 Å². The highest BCUT2D eigenvalue weighted by Crippen LogP contribution is 2.18. The zero-order chi connectivity index (χ0) is 13.4. The molecule has 5 heteroatoms. The van der Waals surface area contributed by atoms with E-state index in [0.717, 1.165) is 5.56 Å². The van der Waals surface area contributed by atoms with Crippen LogP contribution in [0, 0.1) is 5.82 Å². The maximum Gasteiger partial charge on any atom is 0.220 e. The predicted molar refractivity (Wildman–Crippen MR) is 66.0 cm³/mol. The molecule has 1 aromatic carbocycles. The maximum absolute atomic E-state index is 13.4. The quantitative estimate of drug-likeness (QED) is 0.721. The van der Waals surface area contributed by atoms with Gasteiger partial charge in [-0.15, -0.1) is 0 Å². The van der Waals surface area contributed by atoms with E-state index in [0.29, 0.717) is 25.8 Å². The monoisotopic (exact) mass is 255 g/mol. The van der Waals surface area contributed by atoms with Gasteiger partial charge in [-0.05, 0) is 30.5 Å². The predicted octanol–water partition coefficient (Wildman–Crippen LogP) is 1.27. The number of rotatable bonds is 7. The number of benzene rings is 1. The molecule has 0 aliphatic heterocycles. The third-order valence-electron chi connectivity index (χ3n) is 2.51. The van der Waals surface area contributed by atoms with Crippen LogP contribution in [0.5, 0.6) is 5.75 Å². The van der Waals surface area contributed by atoms with Gasteiger partial charge < -0.3 is 15.2 Å². The number of ether oxygens (including phenoxy) is 1. The van der Waals surface area contributed by atoms with Gasteiger partial charge in [0.2, 0.25) is 5.91 Å². The van der Waals surface area contributed by atoms with Crippen LogP contribution in [0.25, 0.3) is 0 Å². The number of methoxy groups -OCH3 is 1. The van der Waals surface area contributed by atoms with Crippen LogP contribution in [0.2, 0.25) is 0 Å². The summed E-state index contributed by atoms with van der Waals surface area (Å²) in [5.74, 6) is -0.318. The fourth-order valence-corrected chi connectivity index (χ4v) is 1.52. The van der Waals surface area contributed by atoms with Crippen molar-refractivity contribution in [3.8, 4) is 5.75 Å². The molecule has 0 saturated carbocycles. The summed E-state index contributed by atoms with van der Waals surface area (Å²) in [5, 5.41) is 11.2. The van der Waals surface area contributed by atoms with Gasteiger partial charge >= 0.3 is 0 Å². The van der Waals surface area contributed by atoms with Crippen LogP contribution < -0.4 is 10.1 Å². The molecule has 18 heavy (non-hydrogen) atoms. The average Bonchev–Trinajstić information content (AvgIpc) is 2.37. The lowest BCUT2D eigenvalue weighted by molar-refractivity contribution is -0.121. The molecule has 0 aliphatic rings. The van der Waals surface area contributed by atoms with Crippen LogP contribution in [-0.2, 0) is 11.2 Å². The first-order valence-electron chi connectivity index (χ1n) is 5.87. The summed E-state index contributed by atoms with van der Waals surface area (Å²) in [5.41, 5.74) is 0.755. The molecule has 100 valence electrons. The highest BCUT2D eigenvalue weighted by Gasteiger charge is 2.05. The molecule has 0 fully saturated rings. The van der Waals surface area contributed by atoms with E-state index in [1.54, 1.807) is 12.1 Å². The number of aliphatic hydroxyl groups is 1. The van der Waals surface area contributed by atoms with Crippen molar-refractivity contribution >= 4 is 5.91 Å². The number of hydrogen-bond acceptors (Lipinski definition) is 3. The maximum atomic E-state index is 13.4. The average molecular weight is 255 g/mol. The van der Waals surface area contributed by atoms with Crippen molar-refractivity contribution in [2.24, 2.45) is 0 Å². The van der Waals surface area contributed by atoms with Gasteiger partial charge in [-0.1, -0.05) is 6.07 Å². The Morgan fingerprint density at radius 3 is 2.89 bits per heavy atom. The molecule has 1 aromatic rings. The van der Waals surface area contributed by atoms with Gasteiger partial charge in [0.05, 0.1) is 7.11 Å². The second kappa shape index (κ2) is 7.66. The summed E-state index contributed by atoms with van der Waals surface area (Å²) < 4.78 is 18.2. The molecule has 0 heterocycles. The van der Waals surface area contributed by atoms with E-state index in [-0.39, 0.29) is 18.3 Å². The second-order valence-electron chi connectivity index (χ2n) is 3.90. The highest BCUT2D eigenvalue weighted by molar-refractivity contribution is 5.76. The Morgan fingerprint density at radius 2 is 2.28 bits per heavy atom. The number of aryl methyl sites for hydroxylation is 1. The van der Waals surface area contributed by atoms with E-state index in [9.17, 15) is 9.18 Å². The normalized spacial score (nSPS) is 10.2. The lowest BCUT2D eigenvalue weighted by atomic mass is 10.1. The molecule has 4 nitrogen and oxygen atoms in total. The zero-order valence-corrected chi connectivity index (χ0v) is 10.4. The highest BCUT2D eigenvalue weighted by atomic mass is 19.1. The fraction of sp³-hybridized carbons (Fsp3) is 0.462. The minimum atomic E-state index is -0.421. The van der Waals surface area contributed by atoms with E-state index in [2.05, 4.69) is 5.32 Å². The summed E-state index contributed by atoms with van der Waals surface area (Å²) in [6, 6.07) is 4.66. The van der Waals surface area contributed by atoms with E-state index in [4.69, 9.17) is 9.84 Å². The van der Waals surface area contributed by atoms with Crippen molar-refractivity contribution in [3.63, 3.8) is 0 Å². The lowest BCUT2D eigenvalue weighted by Crippen LogP contribution is -2.25. The van der Waals surface area contributed by atoms with Crippen molar-refractivity contribution in [2.75, 3.05) is 20.3 Å². The number of carbonyl (C=O) groups is 1. The first kappa shape index (κ1) is 14.4. The van der Waals surface area contributed by atoms with E-state index < -0.39 is 5.82 Å².